The van der Waals surface area contributed by atoms with Crippen LogP contribution in [0.15, 0.2) is 35.3 Å². The van der Waals surface area contributed by atoms with Crippen molar-refractivity contribution in [2.24, 2.45) is 4.99 Å². The highest BCUT2D eigenvalue weighted by atomic mass is 127. The molecule has 1 aromatic carbocycles. The molecule has 134 valence electrons. The number of guanidine groups is 1. The van der Waals surface area contributed by atoms with Crippen LogP contribution in [0.2, 0.25) is 0 Å². The maximum atomic E-state index is 11.6. The number of halogens is 1. The smallest absolute Gasteiger partial charge is 0.191 e. The molecule has 2 fully saturated rings. The van der Waals surface area contributed by atoms with E-state index in [2.05, 4.69) is 34.9 Å². The van der Waals surface area contributed by atoms with E-state index in [9.17, 15) is 8.42 Å². The molecule has 1 aliphatic heterocycles. The van der Waals surface area contributed by atoms with Gasteiger partial charge in [-0.2, -0.15) is 0 Å². The lowest BCUT2D eigenvalue weighted by Crippen LogP contribution is -2.44. The van der Waals surface area contributed by atoms with Crippen molar-refractivity contribution in [1.82, 2.24) is 10.6 Å². The second-order valence-electron chi connectivity index (χ2n) is 6.59. The molecular formula is C17H26IN3O2S. The predicted octanol–water partition coefficient (Wildman–Crippen LogP) is 2.08. The lowest BCUT2D eigenvalue weighted by Gasteiger charge is -2.18. The molecule has 1 atom stereocenters. The normalized spacial score (nSPS) is 24.0. The Morgan fingerprint density at radius 3 is 2.54 bits per heavy atom. The summed E-state index contributed by atoms with van der Waals surface area (Å²) in [5.74, 6) is 1.22. The third kappa shape index (κ3) is 4.84. The van der Waals surface area contributed by atoms with Gasteiger partial charge in [-0.25, -0.2) is 8.42 Å². The van der Waals surface area contributed by atoms with Crippen molar-refractivity contribution < 1.29 is 8.42 Å². The second kappa shape index (κ2) is 8.03. The van der Waals surface area contributed by atoms with Crippen LogP contribution in [-0.4, -0.2) is 45.0 Å². The van der Waals surface area contributed by atoms with Gasteiger partial charge in [-0.05, 0) is 31.7 Å². The standard InChI is InChI=1S/C17H25N3O2S.HI/c1-2-18-16(20-15-8-11-23(21,22)12-15)19-13-17(9-10-17)14-6-4-3-5-7-14;/h3-7,15H,2,8-13H2,1H3,(H2,18,19,20);1H. The second-order valence-corrected chi connectivity index (χ2v) is 8.81. The highest BCUT2D eigenvalue weighted by Gasteiger charge is 2.44. The average molecular weight is 463 g/mol. The molecule has 5 nitrogen and oxygen atoms in total. The van der Waals surface area contributed by atoms with Gasteiger partial charge in [-0.3, -0.25) is 4.99 Å². The first-order chi connectivity index (χ1) is 11.0. The van der Waals surface area contributed by atoms with Gasteiger partial charge >= 0.3 is 0 Å². The van der Waals surface area contributed by atoms with Gasteiger partial charge < -0.3 is 10.6 Å². The Kier molecular flexibility index (Phi) is 6.52. The monoisotopic (exact) mass is 463 g/mol. The Balaban J connectivity index is 0.00000208. The van der Waals surface area contributed by atoms with Crippen molar-refractivity contribution in [1.29, 1.82) is 0 Å². The zero-order chi connectivity index (χ0) is 16.3. The molecule has 3 rings (SSSR count). The quantitative estimate of drug-likeness (QED) is 0.399. The number of nitrogens with one attached hydrogen (secondary N) is 2. The molecule has 0 spiro atoms. The van der Waals surface area contributed by atoms with Crippen LogP contribution in [0.4, 0.5) is 0 Å². The van der Waals surface area contributed by atoms with Crippen LogP contribution in [0.5, 0.6) is 0 Å². The maximum absolute atomic E-state index is 11.6. The molecule has 0 radical (unpaired) electrons. The largest absolute Gasteiger partial charge is 0.357 e. The van der Waals surface area contributed by atoms with Gasteiger partial charge in [0.15, 0.2) is 15.8 Å². The summed E-state index contributed by atoms with van der Waals surface area (Å²) in [4.78, 5) is 4.73. The van der Waals surface area contributed by atoms with Crippen LogP contribution < -0.4 is 10.6 Å². The Bertz CT molecular complexity index is 672. The van der Waals surface area contributed by atoms with Gasteiger partial charge in [0, 0.05) is 18.0 Å². The van der Waals surface area contributed by atoms with Gasteiger partial charge in [0.2, 0.25) is 0 Å². The third-order valence-corrected chi connectivity index (χ3v) is 6.46. The summed E-state index contributed by atoms with van der Waals surface area (Å²) in [6.07, 6.45) is 2.99. The maximum Gasteiger partial charge on any atom is 0.191 e. The molecular weight excluding hydrogens is 437 g/mol. The van der Waals surface area contributed by atoms with E-state index in [4.69, 9.17) is 4.99 Å². The number of hydrogen-bond acceptors (Lipinski definition) is 3. The Labute approximate surface area is 161 Å². The van der Waals surface area contributed by atoms with E-state index in [0.717, 1.165) is 31.9 Å². The molecule has 1 heterocycles. The molecule has 1 aromatic rings. The van der Waals surface area contributed by atoms with E-state index in [-0.39, 0.29) is 46.9 Å². The summed E-state index contributed by atoms with van der Waals surface area (Å²) in [7, 11) is -2.88. The summed E-state index contributed by atoms with van der Waals surface area (Å²) < 4.78 is 23.2. The number of aliphatic imine (C=N–C) groups is 1. The van der Waals surface area contributed by atoms with Crippen molar-refractivity contribution in [2.75, 3.05) is 24.6 Å². The van der Waals surface area contributed by atoms with Crippen LogP contribution in [0.1, 0.15) is 31.7 Å². The Morgan fingerprint density at radius 2 is 2.00 bits per heavy atom. The van der Waals surface area contributed by atoms with Crippen LogP contribution in [0.3, 0.4) is 0 Å². The van der Waals surface area contributed by atoms with Crippen molar-refractivity contribution in [3.63, 3.8) is 0 Å². The minimum absolute atomic E-state index is 0. The Morgan fingerprint density at radius 1 is 1.29 bits per heavy atom. The molecule has 0 aromatic heterocycles. The molecule has 1 saturated heterocycles. The van der Waals surface area contributed by atoms with Crippen molar-refractivity contribution in [3.05, 3.63) is 35.9 Å². The fourth-order valence-corrected chi connectivity index (χ4v) is 4.81. The molecule has 1 saturated carbocycles. The van der Waals surface area contributed by atoms with E-state index in [1.165, 1.54) is 5.56 Å². The number of nitrogens with zero attached hydrogens (tertiary/aromatic N) is 1. The first-order valence-electron chi connectivity index (χ1n) is 8.34. The van der Waals surface area contributed by atoms with Crippen LogP contribution in [0.25, 0.3) is 0 Å². The lowest BCUT2D eigenvalue weighted by atomic mass is 9.96. The summed E-state index contributed by atoms with van der Waals surface area (Å²) in [5, 5.41) is 6.52. The fraction of sp³-hybridized carbons (Fsp3) is 0.588. The zero-order valence-corrected chi connectivity index (χ0v) is 17.1. The number of hydrogen-bond donors (Lipinski definition) is 2. The number of rotatable bonds is 5. The lowest BCUT2D eigenvalue weighted by molar-refractivity contribution is 0.599. The molecule has 2 N–H and O–H groups in total. The fourth-order valence-electron chi connectivity index (χ4n) is 3.13. The van der Waals surface area contributed by atoms with Crippen molar-refractivity contribution >= 4 is 39.8 Å². The van der Waals surface area contributed by atoms with E-state index >= 15 is 0 Å². The van der Waals surface area contributed by atoms with Crippen LogP contribution in [0, 0.1) is 0 Å². The molecule has 7 heteroatoms. The minimum atomic E-state index is -2.88. The molecule has 0 bridgehead atoms. The van der Waals surface area contributed by atoms with E-state index in [1.54, 1.807) is 0 Å². The van der Waals surface area contributed by atoms with E-state index < -0.39 is 9.84 Å². The summed E-state index contributed by atoms with van der Waals surface area (Å²) >= 11 is 0. The number of benzene rings is 1. The van der Waals surface area contributed by atoms with E-state index in [1.807, 2.05) is 13.0 Å². The molecule has 24 heavy (non-hydrogen) atoms. The molecule has 1 unspecified atom stereocenters. The number of sulfone groups is 1. The summed E-state index contributed by atoms with van der Waals surface area (Å²) in [5.41, 5.74) is 1.52. The van der Waals surface area contributed by atoms with Crippen LogP contribution >= 0.6 is 24.0 Å². The van der Waals surface area contributed by atoms with Crippen LogP contribution in [-0.2, 0) is 15.3 Å². The van der Waals surface area contributed by atoms with Gasteiger partial charge in [0.25, 0.3) is 0 Å². The Hall–Kier alpha value is -0.830. The molecule has 1 aliphatic carbocycles. The molecule has 0 amide bonds. The SMILES string of the molecule is CCNC(=NCC1(c2ccccc2)CC1)NC1CCS(=O)(=O)C1.I. The average Bonchev–Trinajstić information content (AvgIpc) is 3.25. The van der Waals surface area contributed by atoms with Gasteiger partial charge in [-0.1, -0.05) is 30.3 Å². The van der Waals surface area contributed by atoms with Gasteiger partial charge in [0.05, 0.1) is 18.1 Å². The zero-order valence-electron chi connectivity index (χ0n) is 14.0. The van der Waals surface area contributed by atoms with E-state index in [0.29, 0.717) is 6.42 Å². The highest BCUT2D eigenvalue weighted by molar-refractivity contribution is 14.0. The highest BCUT2D eigenvalue weighted by Crippen LogP contribution is 2.48. The minimum Gasteiger partial charge on any atom is -0.357 e. The summed E-state index contributed by atoms with van der Waals surface area (Å²) in [6, 6.07) is 10.5. The predicted molar refractivity (Wildman–Crippen MR) is 109 cm³/mol. The van der Waals surface area contributed by atoms with Gasteiger partial charge in [-0.15, -0.1) is 24.0 Å². The summed E-state index contributed by atoms with van der Waals surface area (Å²) in [6.45, 7) is 3.53. The van der Waals surface area contributed by atoms with Gasteiger partial charge in [0.1, 0.15) is 0 Å². The third-order valence-electron chi connectivity index (χ3n) is 4.70. The topological polar surface area (TPSA) is 70.6 Å². The molecule has 2 aliphatic rings. The first-order valence-corrected chi connectivity index (χ1v) is 10.2. The first kappa shape index (κ1) is 19.5. The van der Waals surface area contributed by atoms with Crippen molar-refractivity contribution in [2.45, 2.75) is 37.6 Å². The van der Waals surface area contributed by atoms with Crippen molar-refractivity contribution in [3.8, 4) is 0 Å².